The number of amides is 1. The number of carbonyl (C=O) groups is 2. The molecule has 10 nitrogen and oxygen atoms in total. The number of benzene rings is 4. The second-order valence-electron chi connectivity index (χ2n) is 9.64. The molecular weight excluding hydrogens is 667 g/mol. The van der Waals surface area contributed by atoms with E-state index >= 15 is 0 Å². The van der Waals surface area contributed by atoms with Gasteiger partial charge in [0, 0.05) is 29.4 Å². The number of hydrogen-bond acceptors (Lipinski definition) is 7. The zero-order valence-corrected chi connectivity index (χ0v) is 24.5. The lowest BCUT2D eigenvalue weighted by Gasteiger charge is -2.28. The Morgan fingerprint density at radius 3 is 1.78 bits per heavy atom. The molecule has 4 N–H and O–H groups in total. The molecule has 0 radical (unpaired) electrons. The van der Waals surface area contributed by atoms with Gasteiger partial charge in [0.15, 0.2) is 28.2 Å². The van der Waals surface area contributed by atoms with Crippen LogP contribution in [0.5, 0.6) is 17.2 Å². The quantitative estimate of drug-likeness (QED) is 0.0999. The van der Waals surface area contributed by atoms with Crippen LogP contribution in [-0.4, -0.2) is 51.6 Å². The fraction of sp³-hybridized carbons (Fsp3) is 0.103. The molecule has 0 aliphatic heterocycles. The molecule has 0 spiro atoms. The summed E-state index contributed by atoms with van der Waals surface area (Å²) in [6, 6.07) is 11.1. The number of nitrogens with zero attached hydrogens (tertiary/aromatic N) is 2. The fourth-order valence-electron chi connectivity index (χ4n) is 4.32. The maximum absolute atomic E-state index is 14.8. The second kappa shape index (κ2) is 13.2. The maximum atomic E-state index is 14.8. The number of halogens is 6. The highest BCUT2D eigenvalue weighted by Crippen LogP contribution is 2.32. The van der Waals surface area contributed by atoms with Crippen molar-refractivity contribution in [3.63, 3.8) is 0 Å². The minimum absolute atomic E-state index is 0.0273. The third kappa shape index (κ3) is 6.98. The maximum Gasteiger partial charge on any atom is 0.339 e. The van der Waals surface area contributed by atoms with Crippen molar-refractivity contribution in [2.75, 3.05) is 11.4 Å². The van der Waals surface area contributed by atoms with Gasteiger partial charge < -0.3 is 25.3 Å². The Bertz CT molecular complexity index is 1910. The molecule has 0 aliphatic carbocycles. The van der Waals surface area contributed by atoms with E-state index in [1.54, 1.807) is 0 Å². The van der Waals surface area contributed by atoms with Crippen LogP contribution < -0.4 is 4.90 Å². The van der Waals surface area contributed by atoms with Gasteiger partial charge in [0.2, 0.25) is 21.7 Å². The molecule has 0 aliphatic rings. The Morgan fingerprint density at radius 1 is 0.717 bits per heavy atom. The molecular formula is C29H20ClF5N2O8S. The monoisotopic (exact) mass is 686 g/mol. The molecule has 4 aromatic carbocycles. The zero-order valence-electron chi connectivity index (χ0n) is 22.9. The summed E-state index contributed by atoms with van der Waals surface area (Å²) < 4.78 is 98.7. The van der Waals surface area contributed by atoms with E-state index in [-0.39, 0.29) is 26.1 Å². The summed E-state index contributed by atoms with van der Waals surface area (Å²) in [5.41, 5.74) is -0.739. The number of aromatic carboxylic acids is 1. The molecule has 17 heteroatoms. The van der Waals surface area contributed by atoms with Crippen molar-refractivity contribution in [2.45, 2.75) is 18.0 Å². The molecule has 4 rings (SSSR count). The summed E-state index contributed by atoms with van der Waals surface area (Å²) in [6.07, 6.45) is 0. The number of sulfonamides is 1. The van der Waals surface area contributed by atoms with E-state index in [2.05, 4.69) is 0 Å². The van der Waals surface area contributed by atoms with Crippen LogP contribution in [0.2, 0.25) is 5.02 Å². The van der Waals surface area contributed by atoms with E-state index in [0.717, 1.165) is 41.3 Å². The van der Waals surface area contributed by atoms with Crippen molar-refractivity contribution in [3.8, 4) is 17.2 Å². The molecule has 0 fully saturated rings. The molecule has 0 aromatic heterocycles. The molecule has 0 heterocycles. The number of aromatic hydroxyl groups is 3. The van der Waals surface area contributed by atoms with Crippen molar-refractivity contribution in [2.24, 2.45) is 0 Å². The molecule has 0 saturated heterocycles. The minimum atomic E-state index is -5.71. The lowest BCUT2D eigenvalue weighted by atomic mass is 10.1. The van der Waals surface area contributed by atoms with Crippen LogP contribution in [0.15, 0.2) is 65.6 Å². The number of hydrogen-bond donors (Lipinski definition) is 4. The topological polar surface area (TPSA) is 156 Å². The highest BCUT2D eigenvalue weighted by molar-refractivity contribution is 7.89. The van der Waals surface area contributed by atoms with Crippen LogP contribution in [0.3, 0.4) is 0 Å². The van der Waals surface area contributed by atoms with Gasteiger partial charge in [-0.1, -0.05) is 23.7 Å². The molecule has 4 aromatic rings. The van der Waals surface area contributed by atoms with Gasteiger partial charge in [0.05, 0.1) is 13.1 Å². The summed E-state index contributed by atoms with van der Waals surface area (Å²) in [5, 5.41) is 39.5. The van der Waals surface area contributed by atoms with Gasteiger partial charge in [0.25, 0.3) is 0 Å². The highest BCUT2D eigenvalue weighted by Gasteiger charge is 2.38. The fourth-order valence-corrected chi connectivity index (χ4v) is 5.93. The molecule has 0 bridgehead atoms. The van der Waals surface area contributed by atoms with Gasteiger partial charge in [-0.3, -0.25) is 4.79 Å². The Balaban J connectivity index is 1.85. The number of carbonyl (C=O) groups excluding carboxylic acids is 1. The van der Waals surface area contributed by atoms with E-state index in [1.807, 2.05) is 0 Å². The van der Waals surface area contributed by atoms with Gasteiger partial charge >= 0.3 is 5.97 Å². The first-order valence-electron chi connectivity index (χ1n) is 12.7. The Labute approximate surface area is 261 Å². The smallest absolute Gasteiger partial charge is 0.339 e. The number of phenols is 3. The number of carboxylic acids is 1. The average Bonchev–Trinajstić information content (AvgIpc) is 2.97. The first-order valence-corrected chi connectivity index (χ1v) is 14.5. The molecule has 0 atom stereocenters. The number of phenolic OH excluding ortho intramolecular Hbond substituents is 2. The zero-order chi connectivity index (χ0) is 34.1. The average molecular weight is 687 g/mol. The molecule has 46 heavy (non-hydrogen) atoms. The van der Waals surface area contributed by atoms with E-state index in [1.165, 1.54) is 24.3 Å². The molecule has 0 saturated carbocycles. The highest BCUT2D eigenvalue weighted by atomic mass is 35.5. The first kappa shape index (κ1) is 34.0. The normalized spacial score (nSPS) is 11.5. The number of rotatable bonds is 10. The van der Waals surface area contributed by atoms with Crippen LogP contribution in [0.1, 0.15) is 21.5 Å². The van der Waals surface area contributed by atoms with E-state index in [0.29, 0.717) is 0 Å². The minimum Gasteiger partial charge on any atom is -0.508 e. The van der Waals surface area contributed by atoms with Gasteiger partial charge in [-0.2, -0.15) is 4.31 Å². The van der Waals surface area contributed by atoms with Gasteiger partial charge in [-0.25, -0.2) is 35.2 Å². The third-order valence-corrected chi connectivity index (χ3v) is 8.54. The van der Waals surface area contributed by atoms with E-state index in [4.69, 9.17) is 11.6 Å². The van der Waals surface area contributed by atoms with Crippen LogP contribution in [0.25, 0.3) is 0 Å². The van der Waals surface area contributed by atoms with Crippen LogP contribution >= 0.6 is 11.6 Å². The third-order valence-electron chi connectivity index (χ3n) is 6.48. The van der Waals surface area contributed by atoms with E-state index in [9.17, 15) is 60.4 Å². The molecule has 1 amide bonds. The summed E-state index contributed by atoms with van der Waals surface area (Å²) in [6.45, 7) is -2.75. The van der Waals surface area contributed by atoms with Crippen molar-refractivity contribution in [1.82, 2.24) is 4.31 Å². The van der Waals surface area contributed by atoms with Crippen LogP contribution in [-0.2, 0) is 27.9 Å². The summed E-state index contributed by atoms with van der Waals surface area (Å²) in [5.74, 6) is -17.6. The van der Waals surface area contributed by atoms with Crippen LogP contribution in [0.4, 0.5) is 27.6 Å². The first-order chi connectivity index (χ1) is 21.5. The van der Waals surface area contributed by atoms with Crippen molar-refractivity contribution in [1.29, 1.82) is 0 Å². The Morgan fingerprint density at radius 2 is 1.26 bits per heavy atom. The Hall–Kier alpha value is -4.93. The Kier molecular flexibility index (Phi) is 9.74. The van der Waals surface area contributed by atoms with Crippen molar-refractivity contribution >= 4 is 39.2 Å². The summed E-state index contributed by atoms with van der Waals surface area (Å²) in [4.78, 5) is 23.7. The van der Waals surface area contributed by atoms with Crippen LogP contribution in [0, 0.1) is 29.1 Å². The van der Waals surface area contributed by atoms with Gasteiger partial charge in [-0.15, -0.1) is 0 Å². The molecule has 242 valence electrons. The second-order valence-corrected chi connectivity index (χ2v) is 12.0. The lowest BCUT2D eigenvalue weighted by molar-refractivity contribution is -0.119. The van der Waals surface area contributed by atoms with E-state index < -0.39 is 98.3 Å². The molecule has 0 unspecified atom stereocenters. The standard InChI is InChI=1S/C29H20ClF5N2O8S/c30-16-3-1-14(2-4-16)11-36(46(44,45)28-26(34)24(32)23(31)25(33)27(28)35)13-22(41)37(12-15-7-18(38)10-19(39)8-15)17-5-6-20(29(42)43)21(40)9-17/h1-10,38-40H,11-13H2,(H,42,43). The number of carboxylic acid groups (broad SMARTS) is 1. The largest absolute Gasteiger partial charge is 0.508 e. The van der Waals surface area contributed by atoms with Gasteiger partial charge in [0.1, 0.15) is 22.8 Å². The predicted molar refractivity (Wildman–Crippen MR) is 151 cm³/mol. The SMILES string of the molecule is O=C(O)c1ccc(N(Cc2cc(O)cc(O)c2)C(=O)CN(Cc2ccc(Cl)cc2)S(=O)(=O)c2c(F)c(F)c(F)c(F)c2F)cc1O. The van der Waals surface area contributed by atoms with Crippen molar-refractivity contribution < 1.29 is 60.4 Å². The lowest BCUT2D eigenvalue weighted by Crippen LogP contribution is -2.43. The van der Waals surface area contributed by atoms with Crippen molar-refractivity contribution in [3.05, 3.63) is 111 Å². The predicted octanol–water partition coefficient (Wildman–Crippen LogP) is 5.27. The summed E-state index contributed by atoms with van der Waals surface area (Å²) in [7, 11) is -5.71. The van der Waals surface area contributed by atoms with Gasteiger partial charge in [-0.05, 0) is 47.5 Å². The summed E-state index contributed by atoms with van der Waals surface area (Å²) >= 11 is 5.86. The number of anilines is 1.